The van der Waals surface area contributed by atoms with Gasteiger partial charge in [0.05, 0.1) is 13.2 Å². The molecule has 0 unspecified atom stereocenters. The van der Waals surface area contributed by atoms with Crippen LogP contribution in [0.3, 0.4) is 0 Å². The van der Waals surface area contributed by atoms with E-state index in [1.165, 1.54) is 0 Å². The summed E-state index contributed by atoms with van der Waals surface area (Å²) in [5.41, 5.74) is 0. The van der Waals surface area contributed by atoms with Gasteiger partial charge in [-0.25, -0.2) is 0 Å². The number of carbonyl (C=O) groups is 1. The van der Waals surface area contributed by atoms with E-state index in [-0.39, 0.29) is 6.29 Å². The van der Waals surface area contributed by atoms with Crippen molar-refractivity contribution in [1.29, 1.82) is 0 Å². The van der Waals surface area contributed by atoms with Gasteiger partial charge in [-0.3, -0.25) is 0 Å². The van der Waals surface area contributed by atoms with Crippen LogP contribution in [0.4, 0.5) is 0 Å². The Morgan fingerprint density at radius 1 is 0.875 bits per heavy atom. The molecule has 144 valence electrons. The van der Waals surface area contributed by atoms with Gasteiger partial charge in [-0.2, -0.15) is 0 Å². The molecular weight excluding hydrogens is 336 g/mol. The van der Waals surface area contributed by atoms with Crippen LogP contribution in [0, 0.1) is 0 Å². The third-order valence-corrected chi connectivity index (χ3v) is 3.29. The minimum Gasteiger partial charge on any atom is -0.394 e. The first-order valence-corrected chi connectivity index (χ1v) is 6.89. The van der Waals surface area contributed by atoms with Crippen LogP contribution < -0.4 is 0 Å². The number of carbonyl (C=O) groups excluding carboxylic acids is 1. The molecule has 1 aliphatic rings. The smallest absolute Gasteiger partial charge is 0.184 e. The van der Waals surface area contributed by atoms with Gasteiger partial charge in [0.25, 0.3) is 0 Å². The van der Waals surface area contributed by atoms with Crippen LogP contribution in [0.25, 0.3) is 0 Å². The molecule has 0 radical (unpaired) electrons. The molecule has 0 saturated carbocycles. The standard InChI is InChI=1S/2C6H12O6/c7-1-2-3(8)4(9)5(10)6(11)12-2;7-1-3(9)5(11)6(12)4(10)2-8/h2-11H,1H2;1,3-6,8-12H,2H2/t2-,3-,4+,5-,6-;3-,4+,5+,6+/m10/s1. The summed E-state index contributed by atoms with van der Waals surface area (Å²) in [5.74, 6) is 0. The summed E-state index contributed by atoms with van der Waals surface area (Å²) in [6.07, 6.45) is -13.9. The molecule has 0 bridgehead atoms. The van der Waals surface area contributed by atoms with Crippen molar-refractivity contribution in [3.63, 3.8) is 0 Å². The van der Waals surface area contributed by atoms with Gasteiger partial charge in [-0.1, -0.05) is 0 Å². The van der Waals surface area contributed by atoms with E-state index in [1.807, 2.05) is 0 Å². The van der Waals surface area contributed by atoms with Gasteiger partial charge < -0.3 is 60.6 Å². The SMILES string of the molecule is O=C[C@H](O)[C@@H](O)[C@H](O)[C@H](O)CO.OC[C@H]1O[C@@H](O)[C@H](O)[C@@H](O)[C@@H]1O. The van der Waals surface area contributed by atoms with E-state index in [4.69, 9.17) is 51.1 Å². The van der Waals surface area contributed by atoms with Crippen LogP contribution in [0.1, 0.15) is 0 Å². The van der Waals surface area contributed by atoms with Gasteiger partial charge >= 0.3 is 0 Å². The summed E-state index contributed by atoms with van der Waals surface area (Å²) >= 11 is 0. The lowest BCUT2D eigenvalue weighted by Crippen LogP contribution is -2.58. The third kappa shape index (κ3) is 6.27. The maximum absolute atomic E-state index is 9.90. The highest BCUT2D eigenvalue weighted by molar-refractivity contribution is 5.56. The monoisotopic (exact) mass is 360 g/mol. The predicted octanol–water partition coefficient (Wildman–Crippen LogP) is -6.60. The highest BCUT2D eigenvalue weighted by Crippen LogP contribution is 2.19. The van der Waals surface area contributed by atoms with Gasteiger partial charge in [0.15, 0.2) is 12.6 Å². The fourth-order valence-electron chi connectivity index (χ4n) is 1.70. The molecule has 1 aliphatic heterocycles. The molecule has 12 heteroatoms. The number of ether oxygens (including phenoxy) is 1. The molecule has 24 heavy (non-hydrogen) atoms. The van der Waals surface area contributed by atoms with Crippen LogP contribution in [-0.4, -0.2) is 126 Å². The average Bonchev–Trinajstić information content (AvgIpc) is 2.60. The maximum atomic E-state index is 9.90. The number of aliphatic hydroxyl groups excluding tert-OH is 10. The Morgan fingerprint density at radius 3 is 1.83 bits per heavy atom. The normalized spacial score (nSPS) is 35.2. The highest BCUT2D eigenvalue weighted by atomic mass is 16.6. The lowest BCUT2D eigenvalue weighted by Gasteiger charge is -2.37. The lowest BCUT2D eigenvalue weighted by molar-refractivity contribution is -0.286. The molecular formula is C12H24O12. The van der Waals surface area contributed by atoms with Gasteiger partial charge in [0.2, 0.25) is 0 Å². The molecule has 0 aromatic rings. The second kappa shape index (κ2) is 11.0. The summed E-state index contributed by atoms with van der Waals surface area (Å²) in [4.78, 5) is 9.90. The highest BCUT2D eigenvalue weighted by Gasteiger charge is 2.42. The zero-order valence-corrected chi connectivity index (χ0v) is 12.5. The van der Waals surface area contributed by atoms with E-state index in [9.17, 15) is 4.79 Å². The molecule has 0 aromatic carbocycles. The molecule has 0 spiro atoms. The summed E-state index contributed by atoms with van der Waals surface area (Å²) in [7, 11) is 0. The minimum absolute atomic E-state index is 0.0258. The third-order valence-electron chi connectivity index (χ3n) is 3.29. The molecule has 9 atom stereocenters. The van der Waals surface area contributed by atoms with E-state index in [0.29, 0.717) is 0 Å². The van der Waals surface area contributed by atoms with Gasteiger partial charge in [0, 0.05) is 0 Å². The first-order chi connectivity index (χ1) is 11.1. The Bertz CT molecular complexity index is 350. The summed E-state index contributed by atoms with van der Waals surface area (Å²) in [6.45, 7) is -1.29. The zero-order valence-electron chi connectivity index (χ0n) is 12.5. The number of aliphatic hydroxyl groups is 10. The Balaban J connectivity index is 0.000000441. The largest absolute Gasteiger partial charge is 0.394 e. The fraction of sp³-hybridized carbons (Fsp3) is 0.917. The molecule has 0 aliphatic carbocycles. The van der Waals surface area contributed by atoms with Crippen molar-refractivity contribution < 1.29 is 60.6 Å². The van der Waals surface area contributed by atoms with Crippen molar-refractivity contribution in [1.82, 2.24) is 0 Å². The van der Waals surface area contributed by atoms with E-state index >= 15 is 0 Å². The average molecular weight is 360 g/mol. The van der Waals surface area contributed by atoms with Crippen molar-refractivity contribution in [2.24, 2.45) is 0 Å². The fourth-order valence-corrected chi connectivity index (χ4v) is 1.70. The van der Waals surface area contributed by atoms with Crippen LogP contribution in [0.2, 0.25) is 0 Å². The summed E-state index contributed by atoms with van der Waals surface area (Å²) in [5, 5.41) is 88.2. The molecule has 0 aromatic heterocycles. The number of rotatable bonds is 6. The molecule has 1 heterocycles. The van der Waals surface area contributed by atoms with Crippen LogP contribution in [0.5, 0.6) is 0 Å². The van der Waals surface area contributed by atoms with Crippen LogP contribution in [-0.2, 0) is 9.53 Å². The first kappa shape index (κ1) is 23.2. The molecule has 1 fully saturated rings. The Hall–Kier alpha value is -0.770. The van der Waals surface area contributed by atoms with Gasteiger partial charge in [-0.15, -0.1) is 0 Å². The molecule has 1 rings (SSSR count). The quantitative estimate of drug-likeness (QED) is 0.199. The summed E-state index contributed by atoms with van der Waals surface area (Å²) in [6, 6.07) is 0. The van der Waals surface area contributed by atoms with Crippen molar-refractivity contribution >= 4 is 6.29 Å². The van der Waals surface area contributed by atoms with Gasteiger partial charge in [0.1, 0.15) is 48.8 Å². The van der Waals surface area contributed by atoms with Crippen molar-refractivity contribution in [3.05, 3.63) is 0 Å². The predicted molar refractivity (Wildman–Crippen MR) is 73.2 cm³/mol. The Kier molecular flexibility index (Phi) is 10.6. The second-order valence-electron chi connectivity index (χ2n) is 5.08. The van der Waals surface area contributed by atoms with Crippen LogP contribution >= 0.6 is 0 Å². The van der Waals surface area contributed by atoms with E-state index < -0.39 is 68.3 Å². The van der Waals surface area contributed by atoms with Crippen molar-refractivity contribution in [3.8, 4) is 0 Å². The first-order valence-electron chi connectivity index (χ1n) is 6.89. The number of hydrogen-bond donors (Lipinski definition) is 10. The van der Waals surface area contributed by atoms with Gasteiger partial charge in [-0.05, 0) is 0 Å². The Morgan fingerprint density at radius 2 is 1.42 bits per heavy atom. The molecule has 0 amide bonds. The molecule has 12 nitrogen and oxygen atoms in total. The number of aldehydes is 1. The molecule has 1 saturated heterocycles. The minimum atomic E-state index is -1.79. The zero-order chi connectivity index (χ0) is 19.0. The second-order valence-corrected chi connectivity index (χ2v) is 5.08. The number of hydrogen-bond acceptors (Lipinski definition) is 12. The van der Waals surface area contributed by atoms with E-state index in [0.717, 1.165) is 0 Å². The topological polar surface area (TPSA) is 229 Å². The molecule has 10 N–H and O–H groups in total. The van der Waals surface area contributed by atoms with E-state index in [2.05, 4.69) is 4.74 Å². The van der Waals surface area contributed by atoms with Crippen LogP contribution in [0.15, 0.2) is 0 Å². The lowest BCUT2D eigenvalue weighted by atomic mass is 10.00. The Labute approximate surface area is 136 Å². The van der Waals surface area contributed by atoms with Crippen molar-refractivity contribution in [2.75, 3.05) is 13.2 Å². The van der Waals surface area contributed by atoms with Crippen molar-refractivity contribution in [2.45, 2.75) is 55.1 Å². The van der Waals surface area contributed by atoms with E-state index in [1.54, 1.807) is 0 Å². The maximum Gasteiger partial charge on any atom is 0.184 e. The summed E-state index contributed by atoms with van der Waals surface area (Å²) < 4.78 is 4.58.